The van der Waals surface area contributed by atoms with E-state index >= 15 is 0 Å². The highest BCUT2D eigenvalue weighted by molar-refractivity contribution is 9.10. The first-order valence-electron chi connectivity index (χ1n) is 14.6. The van der Waals surface area contributed by atoms with Gasteiger partial charge in [-0.1, -0.05) is 0 Å². The number of amides is 4. The zero-order valence-electron chi connectivity index (χ0n) is 25.6. The van der Waals surface area contributed by atoms with Crippen molar-refractivity contribution in [2.75, 3.05) is 57.7 Å². The van der Waals surface area contributed by atoms with E-state index in [4.69, 9.17) is 14.5 Å². The molecule has 3 aromatic rings. The second kappa shape index (κ2) is 12.9. The maximum atomic E-state index is 12.3. The molecule has 5 rings (SSSR count). The number of halogens is 1. The first kappa shape index (κ1) is 31.9. The first-order chi connectivity index (χ1) is 20.8. The zero-order chi connectivity index (χ0) is 31.6. The van der Waals surface area contributed by atoms with Crippen LogP contribution in [0.25, 0.3) is 20.7 Å². The number of hydrogen-bond donors (Lipinski definition) is 2. The van der Waals surface area contributed by atoms with Gasteiger partial charge >= 0.3 is 12.1 Å². The molecule has 2 saturated heterocycles. The molecule has 236 valence electrons. The number of benzene rings is 1. The number of imide groups is 1. The minimum atomic E-state index is -0.900. The number of thiophene rings is 1. The molecule has 0 atom stereocenters. The van der Waals surface area contributed by atoms with Crippen molar-refractivity contribution in [1.29, 1.82) is 0 Å². The van der Waals surface area contributed by atoms with E-state index in [9.17, 15) is 14.4 Å². The van der Waals surface area contributed by atoms with Gasteiger partial charge in [-0.3, -0.25) is 15.0 Å². The van der Waals surface area contributed by atoms with Crippen LogP contribution >= 0.6 is 27.3 Å². The zero-order valence-corrected chi connectivity index (χ0v) is 28.0. The minimum absolute atomic E-state index is 0.255. The predicted molar refractivity (Wildman–Crippen MR) is 173 cm³/mol. The lowest BCUT2D eigenvalue weighted by Gasteiger charge is -2.35. The van der Waals surface area contributed by atoms with Gasteiger partial charge in [0.1, 0.15) is 29.2 Å². The standard InChI is InChI=1S/C30H38BrN7O5S/c1-29(2,3)43-28(41)37-12-10-36(11-13-37)14-15-42-20-6-7-22-19(16-20)17-23(44-22)24-21(31)18-33-26(34-24)32-8-9-38-27(40)35-25(39)30(38,4)5/h6-7,16-18H,8-15H2,1-5H3,(H,32,33,34)(H,35,39,40). The van der Waals surface area contributed by atoms with E-state index in [1.54, 1.807) is 36.3 Å². The number of nitrogens with one attached hydrogen (secondary N) is 2. The molecule has 2 aromatic heterocycles. The molecule has 1 aromatic carbocycles. The topological polar surface area (TPSA) is 129 Å². The lowest BCUT2D eigenvalue weighted by molar-refractivity contribution is -0.125. The van der Waals surface area contributed by atoms with Gasteiger partial charge < -0.3 is 24.6 Å². The van der Waals surface area contributed by atoms with Crippen LogP contribution in [0.4, 0.5) is 15.5 Å². The predicted octanol–water partition coefficient (Wildman–Crippen LogP) is 4.79. The summed E-state index contributed by atoms with van der Waals surface area (Å²) in [6.07, 6.45) is 1.45. The van der Waals surface area contributed by atoms with Crippen molar-refractivity contribution in [3.8, 4) is 16.3 Å². The summed E-state index contributed by atoms with van der Waals surface area (Å²) in [7, 11) is 0. The van der Waals surface area contributed by atoms with E-state index in [1.165, 1.54) is 4.90 Å². The van der Waals surface area contributed by atoms with E-state index in [2.05, 4.69) is 48.6 Å². The van der Waals surface area contributed by atoms with E-state index in [0.717, 1.165) is 50.5 Å². The van der Waals surface area contributed by atoms with E-state index in [0.29, 0.717) is 38.7 Å². The molecular weight excluding hydrogens is 650 g/mol. The number of urea groups is 1. The van der Waals surface area contributed by atoms with Crippen LogP contribution in [0.15, 0.2) is 34.9 Å². The number of fused-ring (bicyclic) bond motifs is 1. The van der Waals surface area contributed by atoms with Gasteiger partial charge in [0.05, 0.1) is 9.35 Å². The molecule has 0 aliphatic carbocycles. The SMILES string of the molecule is CC(C)(C)OC(=O)N1CCN(CCOc2ccc3sc(-c4nc(NCCN5C(=O)NC(=O)C5(C)C)ncc4Br)cc3c2)CC1. The molecule has 2 aliphatic heterocycles. The van der Waals surface area contributed by atoms with Gasteiger partial charge in [0.25, 0.3) is 5.91 Å². The average molecular weight is 689 g/mol. The third-order valence-electron chi connectivity index (χ3n) is 7.48. The molecule has 44 heavy (non-hydrogen) atoms. The average Bonchev–Trinajstić information content (AvgIpc) is 3.46. The molecule has 0 unspecified atom stereocenters. The Hall–Kier alpha value is -3.49. The van der Waals surface area contributed by atoms with E-state index in [-0.39, 0.29) is 12.0 Å². The van der Waals surface area contributed by atoms with Crippen molar-refractivity contribution in [3.63, 3.8) is 0 Å². The fourth-order valence-corrected chi connectivity index (χ4v) is 6.56. The highest BCUT2D eigenvalue weighted by Crippen LogP contribution is 2.37. The Balaban J connectivity index is 1.14. The van der Waals surface area contributed by atoms with Crippen molar-refractivity contribution < 1.29 is 23.9 Å². The number of carbonyl (C=O) groups is 3. The third kappa shape index (κ3) is 7.41. The Kier molecular flexibility index (Phi) is 9.33. The number of hydrogen-bond acceptors (Lipinski definition) is 10. The Morgan fingerprint density at radius 2 is 1.89 bits per heavy atom. The lowest BCUT2D eigenvalue weighted by Crippen LogP contribution is -2.50. The molecule has 12 nitrogen and oxygen atoms in total. The summed E-state index contributed by atoms with van der Waals surface area (Å²) in [5, 5.41) is 6.58. The summed E-state index contributed by atoms with van der Waals surface area (Å²) in [6.45, 7) is 14.0. The van der Waals surface area contributed by atoms with Gasteiger partial charge in [-0.2, -0.15) is 0 Å². The number of carbonyl (C=O) groups excluding carboxylic acids is 3. The molecule has 0 bridgehead atoms. The van der Waals surface area contributed by atoms with Gasteiger partial charge in [0.2, 0.25) is 5.95 Å². The molecule has 14 heteroatoms. The number of rotatable bonds is 9. The van der Waals surface area contributed by atoms with Crippen LogP contribution in [-0.2, 0) is 9.53 Å². The van der Waals surface area contributed by atoms with Gasteiger partial charge in [-0.25, -0.2) is 19.6 Å². The molecular formula is C30H38BrN7O5S. The highest BCUT2D eigenvalue weighted by atomic mass is 79.9. The maximum Gasteiger partial charge on any atom is 0.410 e. The summed E-state index contributed by atoms with van der Waals surface area (Å²) in [5.41, 5.74) is -0.636. The normalized spacial score (nSPS) is 17.2. The number of anilines is 1. The Morgan fingerprint density at radius 3 is 2.57 bits per heavy atom. The number of piperazine rings is 1. The van der Waals surface area contributed by atoms with Gasteiger partial charge in [-0.15, -0.1) is 11.3 Å². The Bertz CT molecular complexity index is 1550. The molecule has 4 amide bonds. The van der Waals surface area contributed by atoms with E-state index < -0.39 is 17.2 Å². The van der Waals surface area contributed by atoms with Gasteiger partial charge in [-0.05, 0) is 80.2 Å². The van der Waals surface area contributed by atoms with Crippen molar-refractivity contribution in [1.82, 2.24) is 30.0 Å². The summed E-state index contributed by atoms with van der Waals surface area (Å²) < 4.78 is 13.4. The van der Waals surface area contributed by atoms with Crippen molar-refractivity contribution >= 4 is 61.3 Å². The number of nitrogens with zero attached hydrogens (tertiary/aromatic N) is 5. The minimum Gasteiger partial charge on any atom is -0.492 e. The van der Waals surface area contributed by atoms with Crippen LogP contribution in [-0.4, -0.2) is 106 Å². The van der Waals surface area contributed by atoms with Crippen LogP contribution in [0.2, 0.25) is 0 Å². The van der Waals surface area contributed by atoms with Crippen molar-refractivity contribution in [2.45, 2.75) is 45.8 Å². The highest BCUT2D eigenvalue weighted by Gasteiger charge is 2.45. The van der Waals surface area contributed by atoms with Crippen LogP contribution in [0.5, 0.6) is 5.75 Å². The largest absolute Gasteiger partial charge is 0.492 e. The maximum absolute atomic E-state index is 12.3. The molecule has 4 heterocycles. The van der Waals surface area contributed by atoms with Gasteiger partial charge in [0, 0.05) is 56.7 Å². The Labute approximate surface area is 269 Å². The third-order valence-corrected chi connectivity index (χ3v) is 9.18. The first-order valence-corrected chi connectivity index (χ1v) is 16.2. The second-order valence-corrected chi connectivity index (χ2v) is 14.2. The lowest BCUT2D eigenvalue weighted by atomic mass is 10.0. The van der Waals surface area contributed by atoms with E-state index in [1.807, 2.05) is 32.9 Å². The fourth-order valence-electron chi connectivity index (χ4n) is 4.98. The van der Waals surface area contributed by atoms with Crippen LogP contribution in [0, 0.1) is 0 Å². The monoisotopic (exact) mass is 687 g/mol. The molecule has 2 N–H and O–H groups in total. The molecule has 0 spiro atoms. The molecule has 2 aliphatic rings. The van der Waals surface area contributed by atoms with Crippen LogP contribution < -0.4 is 15.4 Å². The van der Waals surface area contributed by atoms with Crippen molar-refractivity contribution in [3.05, 3.63) is 34.9 Å². The quantitative estimate of drug-likeness (QED) is 0.305. The summed E-state index contributed by atoms with van der Waals surface area (Å²) >= 11 is 5.21. The second-order valence-electron chi connectivity index (χ2n) is 12.3. The Morgan fingerprint density at radius 1 is 1.14 bits per heavy atom. The summed E-state index contributed by atoms with van der Waals surface area (Å²) in [6, 6.07) is 7.75. The summed E-state index contributed by atoms with van der Waals surface area (Å²) in [4.78, 5) is 52.1. The molecule has 0 saturated carbocycles. The number of aromatic nitrogens is 2. The van der Waals surface area contributed by atoms with Crippen LogP contribution in [0.3, 0.4) is 0 Å². The summed E-state index contributed by atoms with van der Waals surface area (Å²) in [5.74, 6) is 0.921. The molecule has 2 fully saturated rings. The smallest absolute Gasteiger partial charge is 0.410 e. The van der Waals surface area contributed by atoms with Crippen LogP contribution in [0.1, 0.15) is 34.6 Å². The fraction of sp³-hybridized carbons (Fsp3) is 0.500. The number of ether oxygens (including phenoxy) is 2. The van der Waals surface area contributed by atoms with Gasteiger partial charge in [0.15, 0.2) is 0 Å². The van der Waals surface area contributed by atoms with Crippen molar-refractivity contribution in [2.24, 2.45) is 0 Å². The molecule has 0 radical (unpaired) electrons.